The van der Waals surface area contributed by atoms with Crippen molar-refractivity contribution >= 4 is 23.3 Å². The van der Waals surface area contributed by atoms with E-state index in [1.807, 2.05) is 6.92 Å². The second kappa shape index (κ2) is 5.51. The van der Waals surface area contributed by atoms with Crippen molar-refractivity contribution in [1.29, 1.82) is 0 Å². The van der Waals surface area contributed by atoms with E-state index < -0.39 is 5.91 Å². The number of nitrogens with one attached hydrogen (secondary N) is 1. The van der Waals surface area contributed by atoms with Gasteiger partial charge in [0.25, 0.3) is 0 Å². The molecule has 1 heterocycles. The van der Waals surface area contributed by atoms with Crippen LogP contribution in [0.4, 0.5) is 0 Å². The Morgan fingerprint density at radius 1 is 1.25 bits per heavy atom. The molecule has 0 aliphatic carbocycles. The van der Waals surface area contributed by atoms with Gasteiger partial charge in [-0.2, -0.15) is 0 Å². The number of carbonyl (C=O) groups is 2. The minimum atomic E-state index is -0.670. The summed E-state index contributed by atoms with van der Waals surface area (Å²) in [5, 5.41) is 0.575. The molecular formula is C15H14ClN2O2. The maximum Gasteiger partial charge on any atom is 0.244 e. The second-order valence-corrected chi connectivity index (χ2v) is 5.10. The van der Waals surface area contributed by atoms with Crippen molar-refractivity contribution in [2.45, 2.75) is 13.3 Å². The predicted octanol–water partition coefficient (Wildman–Crippen LogP) is 2.57. The molecule has 5 heteroatoms. The molecule has 0 spiro atoms. The van der Waals surface area contributed by atoms with Gasteiger partial charge >= 0.3 is 0 Å². The molecule has 0 bridgehead atoms. The van der Waals surface area contributed by atoms with E-state index in [9.17, 15) is 9.59 Å². The zero-order valence-corrected chi connectivity index (χ0v) is 12.0. The van der Waals surface area contributed by atoms with E-state index >= 15 is 0 Å². The largest absolute Gasteiger partial charge is 0.344 e. The van der Waals surface area contributed by atoms with Gasteiger partial charge in [-0.25, -0.2) is 0 Å². The molecule has 0 atom stereocenters. The van der Waals surface area contributed by atoms with Crippen LogP contribution in [0.1, 0.15) is 27.3 Å². The molecule has 0 unspecified atom stereocenters. The third-order valence-electron chi connectivity index (χ3n) is 3.19. The molecule has 0 saturated heterocycles. The summed E-state index contributed by atoms with van der Waals surface area (Å²) in [5.74, 6) is -0.790. The fourth-order valence-electron chi connectivity index (χ4n) is 2.23. The quantitative estimate of drug-likeness (QED) is 0.812. The number of aromatic nitrogens is 1. The first kappa shape index (κ1) is 14.3. The molecule has 1 aromatic heterocycles. The van der Waals surface area contributed by atoms with Crippen molar-refractivity contribution in [3.63, 3.8) is 0 Å². The Labute approximate surface area is 122 Å². The Morgan fingerprint density at radius 2 is 1.85 bits per heavy atom. The van der Waals surface area contributed by atoms with Crippen LogP contribution in [0, 0.1) is 6.92 Å². The van der Waals surface area contributed by atoms with Crippen LogP contribution in [0.3, 0.4) is 0 Å². The van der Waals surface area contributed by atoms with Crippen molar-refractivity contribution in [2.75, 3.05) is 0 Å². The van der Waals surface area contributed by atoms with Crippen molar-refractivity contribution in [3.05, 3.63) is 57.9 Å². The highest BCUT2D eigenvalue weighted by Crippen LogP contribution is 2.20. The summed E-state index contributed by atoms with van der Waals surface area (Å²) in [5.41, 5.74) is 9.57. The van der Waals surface area contributed by atoms with Gasteiger partial charge in [-0.15, -0.1) is 0 Å². The van der Waals surface area contributed by atoms with Gasteiger partial charge in [0.05, 0.1) is 12.1 Å². The maximum absolute atomic E-state index is 12.5. The van der Waals surface area contributed by atoms with Gasteiger partial charge in [-0.3, -0.25) is 15.3 Å². The van der Waals surface area contributed by atoms with E-state index in [1.54, 1.807) is 41.9 Å². The Balaban J connectivity index is 2.42. The molecule has 0 aliphatic rings. The first-order valence-electron chi connectivity index (χ1n) is 6.10. The van der Waals surface area contributed by atoms with Crippen LogP contribution in [0.5, 0.6) is 0 Å². The zero-order chi connectivity index (χ0) is 14.9. The van der Waals surface area contributed by atoms with Crippen LogP contribution >= 0.6 is 11.6 Å². The molecule has 2 aromatic rings. The highest BCUT2D eigenvalue weighted by Gasteiger charge is 2.19. The van der Waals surface area contributed by atoms with Crippen molar-refractivity contribution in [3.8, 4) is 0 Å². The molecule has 0 aliphatic heterocycles. The zero-order valence-electron chi connectivity index (χ0n) is 11.2. The van der Waals surface area contributed by atoms with Gasteiger partial charge in [0, 0.05) is 23.3 Å². The SMILES string of the molecule is Cc1cc(CC([NH])=O)n(C)c1C(=O)c1ccc(Cl)cc1. The standard InChI is InChI=1S/C15H14ClN2O2/c1-9-7-12(8-13(17)19)18(2)14(9)15(20)10-3-5-11(16)6-4-10/h3-7,17H,8H2,1-2H3. The van der Waals surface area contributed by atoms with Crippen LogP contribution < -0.4 is 5.73 Å². The van der Waals surface area contributed by atoms with E-state index in [-0.39, 0.29) is 12.2 Å². The summed E-state index contributed by atoms with van der Waals surface area (Å²) in [7, 11) is 1.73. The number of halogens is 1. The minimum Gasteiger partial charge on any atom is -0.344 e. The van der Waals surface area contributed by atoms with Gasteiger partial charge in [0.2, 0.25) is 11.7 Å². The molecule has 2 rings (SSSR count). The number of aryl methyl sites for hydroxylation is 1. The number of hydrogen-bond acceptors (Lipinski definition) is 2. The Hall–Kier alpha value is -2.07. The fraction of sp³-hybridized carbons (Fsp3) is 0.200. The average molecular weight is 290 g/mol. The predicted molar refractivity (Wildman–Crippen MR) is 76.8 cm³/mol. The molecule has 4 nitrogen and oxygen atoms in total. The summed E-state index contributed by atoms with van der Waals surface area (Å²) in [6, 6.07) is 8.46. The third kappa shape index (κ3) is 2.75. The van der Waals surface area contributed by atoms with Crippen LogP contribution in [-0.4, -0.2) is 16.3 Å². The third-order valence-corrected chi connectivity index (χ3v) is 3.44. The molecule has 0 fully saturated rings. The molecule has 0 saturated carbocycles. The van der Waals surface area contributed by atoms with Gasteiger partial charge in [0.15, 0.2) is 0 Å². The van der Waals surface area contributed by atoms with E-state index in [0.717, 1.165) is 5.56 Å². The summed E-state index contributed by atoms with van der Waals surface area (Å²) in [4.78, 5) is 23.4. The van der Waals surface area contributed by atoms with Crippen LogP contribution in [0.15, 0.2) is 30.3 Å². The number of amides is 1. The lowest BCUT2D eigenvalue weighted by Crippen LogP contribution is -2.12. The van der Waals surface area contributed by atoms with Crippen LogP contribution in [0.2, 0.25) is 5.02 Å². The van der Waals surface area contributed by atoms with Crippen LogP contribution in [-0.2, 0) is 18.3 Å². The lowest BCUT2D eigenvalue weighted by molar-refractivity contribution is -0.118. The topological polar surface area (TPSA) is 62.9 Å². The van der Waals surface area contributed by atoms with Crippen LogP contribution in [0.25, 0.3) is 0 Å². The average Bonchev–Trinajstić information content (AvgIpc) is 2.64. The first-order chi connectivity index (χ1) is 9.40. The van der Waals surface area contributed by atoms with Gasteiger partial charge in [-0.1, -0.05) is 11.6 Å². The summed E-state index contributed by atoms with van der Waals surface area (Å²) >= 11 is 5.81. The van der Waals surface area contributed by atoms with Crippen molar-refractivity contribution in [1.82, 2.24) is 10.3 Å². The number of benzene rings is 1. The fourth-order valence-corrected chi connectivity index (χ4v) is 2.35. The molecule has 103 valence electrons. The molecule has 1 radical (unpaired) electrons. The first-order valence-corrected chi connectivity index (χ1v) is 6.48. The van der Waals surface area contributed by atoms with Crippen molar-refractivity contribution < 1.29 is 9.59 Å². The van der Waals surface area contributed by atoms with Gasteiger partial charge < -0.3 is 4.57 Å². The lowest BCUT2D eigenvalue weighted by Gasteiger charge is -2.07. The number of carbonyl (C=O) groups excluding carboxylic acids is 2. The van der Waals surface area contributed by atoms with Gasteiger partial charge in [0.1, 0.15) is 0 Å². The molecular weight excluding hydrogens is 276 g/mol. The van der Waals surface area contributed by atoms with E-state index in [1.165, 1.54) is 0 Å². The Bertz CT molecular complexity index is 672. The van der Waals surface area contributed by atoms with E-state index in [0.29, 0.717) is 22.0 Å². The maximum atomic E-state index is 12.5. The summed E-state index contributed by atoms with van der Waals surface area (Å²) < 4.78 is 1.68. The van der Waals surface area contributed by atoms with Crippen molar-refractivity contribution in [2.24, 2.45) is 7.05 Å². The summed E-state index contributed by atoms with van der Waals surface area (Å²) in [6.45, 7) is 1.82. The van der Waals surface area contributed by atoms with E-state index in [2.05, 4.69) is 0 Å². The Morgan fingerprint density at radius 3 is 2.40 bits per heavy atom. The molecule has 20 heavy (non-hydrogen) atoms. The lowest BCUT2D eigenvalue weighted by atomic mass is 10.1. The summed E-state index contributed by atoms with van der Waals surface area (Å²) in [6.07, 6.45) is 0.00520. The van der Waals surface area contributed by atoms with Gasteiger partial charge in [-0.05, 0) is 42.8 Å². The Kier molecular flexibility index (Phi) is 3.95. The molecule has 1 N–H and O–H groups in total. The molecule has 1 amide bonds. The smallest absolute Gasteiger partial charge is 0.244 e. The monoisotopic (exact) mass is 289 g/mol. The molecule has 1 aromatic carbocycles. The second-order valence-electron chi connectivity index (χ2n) is 4.66. The number of rotatable bonds is 4. The highest BCUT2D eigenvalue weighted by atomic mass is 35.5. The van der Waals surface area contributed by atoms with E-state index in [4.69, 9.17) is 17.3 Å². The number of ketones is 1. The minimum absolute atomic E-state index is 0.00520. The highest BCUT2D eigenvalue weighted by molar-refractivity contribution is 6.30. The number of nitrogens with zero attached hydrogens (tertiary/aromatic N) is 1. The normalized spacial score (nSPS) is 10.6. The number of hydrogen-bond donors (Lipinski definition) is 0.